The van der Waals surface area contributed by atoms with Gasteiger partial charge in [0, 0.05) is 0 Å². The molecule has 13 heavy (non-hydrogen) atoms. The highest BCUT2D eigenvalue weighted by Crippen LogP contribution is 2.14. The van der Waals surface area contributed by atoms with Crippen molar-refractivity contribution < 1.29 is 20.1 Å². The predicted molar refractivity (Wildman–Crippen MR) is 46.3 cm³/mol. The van der Waals surface area contributed by atoms with E-state index in [9.17, 15) is 10.2 Å². The average Bonchev–Trinajstić information content (AvgIpc) is 2.14. The van der Waals surface area contributed by atoms with E-state index in [4.69, 9.17) is 9.84 Å². The number of rotatable bonds is 3. The van der Waals surface area contributed by atoms with Crippen LogP contribution in [-0.2, 0) is 4.74 Å². The van der Waals surface area contributed by atoms with Gasteiger partial charge < -0.3 is 25.4 Å². The van der Waals surface area contributed by atoms with E-state index >= 15 is 0 Å². The standard InChI is InChI=1S/C8H17NO4/c1-2-9-5-4-13-6(3-10)8(12)7(5)11/h5-12H,2-4H2,1H3/t5-,6+,7+,8-/m0/s1. The van der Waals surface area contributed by atoms with Gasteiger partial charge in [-0.15, -0.1) is 0 Å². The van der Waals surface area contributed by atoms with E-state index in [1.165, 1.54) is 0 Å². The van der Waals surface area contributed by atoms with Gasteiger partial charge in [-0.1, -0.05) is 6.92 Å². The van der Waals surface area contributed by atoms with E-state index in [0.29, 0.717) is 13.2 Å². The molecule has 4 atom stereocenters. The van der Waals surface area contributed by atoms with Crippen LogP contribution in [0.1, 0.15) is 6.92 Å². The first kappa shape index (κ1) is 10.9. The second kappa shape index (κ2) is 4.88. The summed E-state index contributed by atoms with van der Waals surface area (Å²) in [5.41, 5.74) is 0. The van der Waals surface area contributed by atoms with E-state index in [1.807, 2.05) is 6.92 Å². The Labute approximate surface area is 77.3 Å². The molecule has 0 aromatic heterocycles. The Balaban J connectivity index is 2.48. The number of ether oxygens (including phenoxy) is 1. The van der Waals surface area contributed by atoms with Gasteiger partial charge in [0.2, 0.25) is 0 Å². The molecular weight excluding hydrogens is 174 g/mol. The number of aliphatic hydroxyl groups is 3. The Morgan fingerprint density at radius 1 is 1.38 bits per heavy atom. The molecule has 0 aromatic rings. The van der Waals surface area contributed by atoms with E-state index in [1.54, 1.807) is 0 Å². The molecule has 1 aliphatic heterocycles. The molecule has 0 amide bonds. The SMILES string of the molecule is CCN[C@H]1CO[C@H](CO)[C@H](O)[C@@H]1O. The maximum Gasteiger partial charge on any atom is 0.110 e. The Hall–Kier alpha value is -0.200. The molecule has 1 fully saturated rings. The summed E-state index contributed by atoms with van der Waals surface area (Å²) in [6.45, 7) is 2.67. The molecule has 1 aliphatic rings. The molecule has 78 valence electrons. The molecule has 0 aliphatic carbocycles. The maximum atomic E-state index is 9.57. The third kappa shape index (κ3) is 2.38. The lowest BCUT2D eigenvalue weighted by Gasteiger charge is -2.37. The Kier molecular flexibility index (Phi) is 4.08. The van der Waals surface area contributed by atoms with Gasteiger partial charge in [0.25, 0.3) is 0 Å². The Bertz CT molecular complexity index is 153. The quantitative estimate of drug-likeness (QED) is 0.418. The van der Waals surface area contributed by atoms with Gasteiger partial charge in [-0.2, -0.15) is 0 Å². The summed E-state index contributed by atoms with van der Waals surface area (Å²) >= 11 is 0. The number of likely N-dealkylation sites (N-methyl/N-ethyl adjacent to an activating group) is 1. The zero-order valence-corrected chi connectivity index (χ0v) is 7.68. The highest BCUT2D eigenvalue weighted by molar-refractivity contribution is 4.90. The first-order valence-corrected chi connectivity index (χ1v) is 4.52. The van der Waals surface area contributed by atoms with Crippen molar-refractivity contribution in [3.63, 3.8) is 0 Å². The second-order valence-electron chi connectivity index (χ2n) is 3.20. The lowest BCUT2D eigenvalue weighted by molar-refractivity contribution is -0.161. The number of hydrogen-bond donors (Lipinski definition) is 4. The van der Waals surface area contributed by atoms with Crippen LogP contribution in [0.5, 0.6) is 0 Å². The first-order chi connectivity index (χ1) is 6.20. The molecule has 0 unspecified atom stereocenters. The molecule has 0 radical (unpaired) electrons. The molecular formula is C8H17NO4. The molecule has 0 bridgehead atoms. The van der Waals surface area contributed by atoms with Gasteiger partial charge in [-0.05, 0) is 6.54 Å². The molecule has 0 saturated carbocycles. The third-order valence-corrected chi connectivity index (χ3v) is 2.28. The molecule has 1 saturated heterocycles. The fourth-order valence-electron chi connectivity index (χ4n) is 1.48. The van der Waals surface area contributed by atoms with E-state index in [2.05, 4.69) is 5.32 Å². The fraction of sp³-hybridized carbons (Fsp3) is 1.00. The fourth-order valence-corrected chi connectivity index (χ4v) is 1.48. The number of hydrogen-bond acceptors (Lipinski definition) is 5. The van der Waals surface area contributed by atoms with Gasteiger partial charge in [0.05, 0.1) is 19.3 Å². The number of aliphatic hydroxyl groups excluding tert-OH is 3. The summed E-state index contributed by atoms with van der Waals surface area (Å²) in [6.07, 6.45) is -2.54. The maximum absolute atomic E-state index is 9.57. The van der Waals surface area contributed by atoms with Crippen LogP contribution >= 0.6 is 0 Å². The predicted octanol–water partition coefficient (Wildman–Crippen LogP) is -1.92. The molecule has 1 rings (SSSR count). The summed E-state index contributed by atoms with van der Waals surface area (Å²) in [7, 11) is 0. The van der Waals surface area contributed by atoms with E-state index in [-0.39, 0.29) is 12.6 Å². The Morgan fingerprint density at radius 2 is 2.08 bits per heavy atom. The van der Waals surface area contributed by atoms with Crippen LogP contribution in [0.25, 0.3) is 0 Å². The molecule has 5 nitrogen and oxygen atoms in total. The summed E-state index contributed by atoms with van der Waals surface area (Å²) < 4.78 is 5.15. The third-order valence-electron chi connectivity index (χ3n) is 2.28. The number of nitrogens with one attached hydrogen (secondary N) is 1. The first-order valence-electron chi connectivity index (χ1n) is 4.52. The van der Waals surface area contributed by atoms with Crippen molar-refractivity contribution in [1.29, 1.82) is 0 Å². The molecule has 5 heteroatoms. The molecule has 0 spiro atoms. The summed E-state index contributed by atoms with van der Waals surface area (Å²) in [4.78, 5) is 0. The van der Waals surface area contributed by atoms with Gasteiger partial charge in [-0.25, -0.2) is 0 Å². The lowest BCUT2D eigenvalue weighted by atomic mass is 9.98. The van der Waals surface area contributed by atoms with Crippen LogP contribution in [0, 0.1) is 0 Å². The van der Waals surface area contributed by atoms with Crippen molar-refractivity contribution in [1.82, 2.24) is 5.32 Å². The van der Waals surface area contributed by atoms with Crippen molar-refractivity contribution in [2.24, 2.45) is 0 Å². The monoisotopic (exact) mass is 191 g/mol. The van der Waals surface area contributed by atoms with Crippen LogP contribution in [0.15, 0.2) is 0 Å². The smallest absolute Gasteiger partial charge is 0.110 e. The topological polar surface area (TPSA) is 82.0 Å². The van der Waals surface area contributed by atoms with Crippen molar-refractivity contribution in [2.45, 2.75) is 31.3 Å². The minimum Gasteiger partial charge on any atom is -0.394 e. The van der Waals surface area contributed by atoms with Crippen molar-refractivity contribution >= 4 is 0 Å². The van der Waals surface area contributed by atoms with Gasteiger partial charge in [0.1, 0.15) is 18.3 Å². The van der Waals surface area contributed by atoms with Gasteiger partial charge in [0.15, 0.2) is 0 Å². The lowest BCUT2D eigenvalue weighted by Crippen LogP contribution is -2.58. The minimum atomic E-state index is -1.01. The average molecular weight is 191 g/mol. The molecule has 1 heterocycles. The van der Waals surface area contributed by atoms with Crippen LogP contribution < -0.4 is 5.32 Å². The normalized spacial score (nSPS) is 40.6. The van der Waals surface area contributed by atoms with Crippen LogP contribution in [0.2, 0.25) is 0 Å². The highest BCUT2D eigenvalue weighted by atomic mass is 16.5. The van der Waals surface area contributed by atoms with Crippen LogP contribution in [0.3, 0.4) is 0 Å². The van der Waals surface area contributed by atoms with Crippen molar-refractivity contribution in [3.8, 4) is 0 Å². The summed E-state index contributed by atoms with van der Waals surface area (Å²) in [6, 6.07) is -0.247. The van der Waals surface area contributed by atoms with Crippen LogP contribution in [-0.4, -0.2) is 59.4 Å². The summed E-state index contributed by atoms with van der Waals surface area (Å²) in [5.74, 6) is 0. The van der Waals surface area contributed by atoms with Crippen LogP contribution in [0.4, 0.5) is 0 Å². The largest absolute Gasteiger partial charge is 0.394 e. The van der Waals surface area contributed by atoms with Crippen molar-refractivity contribution in [3.05, 3.63) is 0 Å². The van der Waals surface area contributed by atoms with Gasteiger partial charge in [-0.3, -0.25) is 0 Å². The van der Waals surface area contributed by atoms with Crippen molar-refractivity contribution in [2.75, 3.05) is 19.8 Å². The molecule has 4 N–H and O–H groups in total. The zero-order valence-electron chi connectivity index (χ0n) is 7.68. The Morgan fingerprint density at radius 3 is 2.62 bits per heavy atom. The zero-order chi connectivity index (χ0) is 9.84. The highest BCUT2D eigenvalue weighted by Gasteiger charge is 2.37. The van der Waals surface area contributed by atoms with E-state index < -0.39 is 18.3 Å². The minimum absolute atomic E-state index is 0.247. The second-order valence-corrected chi connectivity index (χ2v) is 3.20. The summed E-state index contributed by atoms with van der Waals surface area (Å²) in [5, 5.41) is 30.8. The van der Waals surface area contributed by atoms with Gasteiger partial charge >= 0.3 is 0 Å². The molecule has 0 aromatic carbocycles. The van der Waals surface area contributed by atoms with E-state index in [0.717, 1.165) is 0 Å².